The minimum atomic E-state index is -3.76. The summed E-state index contributed by atoms with van der Waals surface area (Å²) in [6.45, 7) is 2.09. The molecular formula is C20H25FN2O5S. The first-order valence-electron chi connectivity index (χ1n) is 9.05. The molecule has 1 amide bonds. The van der Waals surface area contributed by atoms with E-state index in [2.05, 4.69) is 5.32 Å². The third-order valence-electron chi connectivity index (χ3n) is 4.12. The molecule has 1 N–H and O–H groups in total. The summed E-state index contributed by atoms with van der Waals surface area (Å²) in [5.74, 6) is 0.293. The quantitative estimate of drug-likeness (QED) is 0.593. The number of hydrogen-bond acceptors (Lipinski definition) is 5. The van der Waals surface area contributed by atoms with E-state index in [4.69, 9.17) is 9.47 Å². The summed E-state index contributed by atoms with van der Waals surface area (Å²) in [6.07, 6.45) is 1.26. The second kappa shape index (κ2) is 10.1. The smallest absolute Gasteiger partial charge is 0.244 e. The number of hydrogen-bond donors (Lipinski definition) is 1. The minimum absolute atomic E-state index is 0.188. The van der Waals surface area contributed by atoms with Crippen molar-refractivity contribution in [2.45, 2.75) is 19.4 Å². The van der Waals surface area contributed by atoms with Crippen LogP contribution in [0.4, 0.5) is 10.1 Å². The summed E-state index contributed by atoms with van der Waals surface area (Å²) in [4.78, 5) is 12.6. The maximum absolute atomic E-state index is 13.2. The average molecular weight is 424 g/mol. The maximum Gasteiger partial charge on any atom is 0.244 e. The normalized spacial score (nSPS) is 12.1. The largest absolute Gasteiger partial charge is 0.497 e. The van der Waals surface area contributed by atoms with Gasteiger partial charge >= 0.3 is 0 Å². The van der Waals surface area contributed by atoms with E-state index in [0.29, 0.717) is 11.5 Å². The van der Waals surface area contributed by atoms with Crippen LogP contribution < -0.4 is 19.1 Å². The summed E-state index contributed by atoms with van der Waals surface area (Å²) >= 11 is 0. The van der Waals surface area contributed by atoms with Gasteiger partial charge in [0.05, 0.1) is 25.6 Å². The van der Waals surface area contributed by atoms with Crippen LogP contribution >= 0.6 is 0 Å². The summed E-state index contributed by atoms with van der Waals surface area (Å²) in [5, 5.41) is 2.69. The highest BCUT2D eigenvalue weighted by atomic mass is 32.2. The molecule has 0 aromatic heterocycles. The Labute approximate surface area is 170 Å². The van der Waals surface area contributed by atoms with Crippen LogP contribution in [0.3, 0.4) is 0 Å². The zero-order valence-electron chi connectivity index (χ0n) is 16.6. The first kappa shape index (κ1) is 22.5. The van der Waals surface area contributed by atoms with Gasteiger partial charge in [0.25, 0.3) is 0 Å². The van der Waals surface area contributed by atoms with Crippen LogP contribution in [0, 0.1) is 5.82 Å². The van der Waals surface area contributed by atoms with Gasteiger partial charge in [0, 0.05) is 6.07 Å². The molecule has 0 aliphatic carbocycles. The van der Waals surface area contributed by atoms with E-state index < -0.39 is 27.8 Å². The van der Waals surface area contributed by atoms with Crippen LogP contribution in [-0.4, -0.2) is 46.9 Å². The lowest BCUT2D eigenvalue weighted by Crippen LogP contribution is -2.50. The van der Waals surface area contributed by atoms with Crippen molar-refractivity contribution in [3.05, 3.63) is 54.3 Å². The van der Waals surface area contributed by atoms with Gasteiger partial charge in [-0.05, 0) is 42.8 Å². The topological polar surface area (TPSA) is 84.9 Å². The fourth-order valence-corrected chi connectivity index (χ4v) is 4.01. The molecule has 0 saturated carbocycles. The van der Waals surface area contributed by atoms with Crippen LogP contribution in [0.15, 0.2) is 48.5 Å². The summed E-state index contributed by atoms with van der Waals surface area (Å²) < 4.78 is 49.5. The van der Waals surface area contributed by atoms with Gasteiger partial charge in [-0.3, -0.25) is 9.10 Å². The van der Waals surface area contributed by atoms with Gasteiger partial charge < -0.3 is 14.8 Å². The molecule has 0 bridgehead atoms. The molecule has 29 heavy (non-hydrogen) atoms. The fourth-order valence-electron chi connectivity index (χ4n) is 2.80. The number of amides is 1. The van der Waals surface area contributed by atoms with Gasteiger partial charge in [-0.25, -0.2) is 12.8 Å². The van der Waals surface area contributed by atoms with E-state index in [1.807, 2.05) is 0 Å². The van der Waals surface area contributed by atoms with Gasteiger partial charge in [0.1, 0.15) is 30.0 Å². The van der Waals surface area contributed by atoms with E-state index in [1.54, 1.807) is 38.3 Å². The Kier molecular flexibility index (Phi) is 7.83. The minimum Gasteiger partial charge on any atom is -0.497 e. The number of anilines is 1. The standard InChI is InChI=1S/C20H25FN2O5S/c1-4-19(23(29(3,25)26)16-10-8-15(21)9-11-16)20(24)22-12-13-28-18-7-5-6-17(14-18)27-2/h5-11,14,19H,4,12-13H2,1-3H3,(H,22,24)/t19-/m1/s1. The average Bonchev–Trinajstić information content (AvgIpc) is 2.69. The molecule has 0 heterocycles. The Morgan fingerprint density at radius 3 is 2.41 bits per heavy atom. The predicted molar refractivity (Wildman–Crippen MR) is 109 cm³/mol. The first-order chi connectivity index (χ1) is 13.8. The highest BCUT2D eigenvalue weighted by molar-refractivity contribution is 7.92. The molecule has 7 nitrogen and oxygen atoms in total. The second-order valence-electron chi connectivity index (χ2n) is 6.28. The zero-order valence-corrected chi connectivity index (χ0v) is 17.4. The lowest BCUT2D eigenvalue weighted by Gasteiger charge is -2.30. The third kappa shape index (κ3) is 6.35. The fraction of sp³-hybridized carbons (Fsp3) is 0.350. The van der Waals surface area contributed by atoms with Crippen molar-refractivity contribution >= 4 is 21.6 Å². The van der Waals surface area contributed by atoms with Crippen LogP contribution in [0.2, 0.25) is 0 Å². The molecule has 0 saturated heterocycles. The monoisotopic (exact) mass is 424 g/mol. The van der Waals surface area contributed by atoms with Crippen molar-refractivity contribution in [1.82, 2.24) is 5.32 Å². The number of carbonyl (C=O) groups is 1. The molecule has 0 aliphatic heterocycles. The van der Waals surface area contributed by atoms with E-state index in [-0.39, 0.29) is 25.3 Å². The van der Waals surface area contributed by atoms with Gasteiger partial charge in [0.15, 0.2) is 0 Å². The molecule has 2 rings (SSSR count). The number of ether oxygens (including phenoxy) is 2. The van der Waals surface area contributed by atoms with Gasteiger partial charge in [-0.15, -0.1) is 0 Å². The van der Waals surface area contributed by atoms with Crippen LogP contribution in [-0.2, 0) is 14.8 Å². The highest BCUT2D eigenvalue weighted by Crippen LogP contribution is 2.23. The van der Waals surface area contributed by atoms with Gasteiger partial charge in [0.2, 0.25) is 15.9 Å². The van der Waals surface area contributed by atoms with E-state index in [0.717, 1.165) is 22.7 Å². The number of methoxy groups -OCH3 is 1. The molecule has 0 spiro atoms. The SMILES string of the molecule is CC[C@H](C(=O)NCCOc1cccc(OC)c1)N(c1ccc(F)cc1)S(C)(=O)=O. The molecule has 158 valence electrons. The van der Waals surface area contributed by atoms with Crippen LogP contribution in [0.5, 0.6) is 11.5 Å². The maximum atomic E-state index is 13.2. The van der Waals surface area contributed by atoms with E-state index >= 15 is 0 Å². The lowest BCUT2D eigenvalue weighted by molar-refractivity contribution is -0.122. The van der Waals surface area contributed by atoms with Crippen molar-refractivity contribution < 1.29 is 27.1 Å². The lowest BCUT2D eigenvalue weighted by atomic mass is 10.2. The Hall–Kier alpha value is -2.81. The van der Waals surface area contributed by atoms with Crippen molar-refractivity contribution in [2.24, 2.45) is 0 Å². The molecule has 2 aromatic carbocycles. The summed E-state index contributed by atoms with van der Waals surface area (Å²) in [5.41, 5.74) is 0.225. The Balaban J connectivity index is 2.02. The molecule has 9 heteroatoms. The van der Waals surface area contributed by atoms with E-state index in [1.165, 1.54) is 12.1 Å². The van der Waals surface area contributed by atoms with Gasteiger partial charge in [-0.1, -0.05) is 13.0 Å². The first-order valence-corrected chi connectivity index (χ1v) is 10.9. The molecule has 0 aliphatic rings. The Bertz CT molecular complexity index is 919. The second-order valence-corrected chi connectivity index (χ2v) is 8.14. The Morgan fingerprint density at radius 2 is 1.83 bits per heavy atom. The number of rotatable bonds is 10. The van der Waals surface area contributed by atoms with Crippen molar-refractivity contribution in [3.8, 4) is 11.5 Å². The molecule has 0 radical (unpaired) electrons. The molecule has 2 aromatic rings. The summed E-state index contributed by atoms with van der Waals surface area (Å²) in [6, 6.07) is 11.1. The van der Waals surface area contributed by atoms with Crippen molar-refractivity contribution in [3.63, 3.8) is 0 Å². The van der Waals surface area contributed by atoms with Crippen LogP contribution in [0.25, 0.3) is 0 Å². The summed E-state index contributed by atoms with van der Waals surface area (Å²) in [7, 11) is -2.21. The zero-order chi connectivity index (χ0) is 21.4. The molecule has 1 atom stereocenters. The molecule has 0 unspecified atom stereocenters. The van der Waals surface area contributed by atoms with Crippen LogP contribution in [0.1, 0.15) is 13.3 Å². The van der Waals surface area contributed by atoms with Crippen molar-refractivity contribution in [1.29, 1.82) is 0 Å². The number of halogens is 1. The number of nitrogens with zero attached hydrogens (tertiary/aromatic N) is 1. The molecule has 0 fully saturated rings. The third-order valence-corrected chi connectivity index (χ3v) is 5.30. The number of sulfonamides is 1. The number of benzene rings is 2. The van der Waals surface area contributed by atoms with E-state index in [9.17, 15) is 17.6 Å². The van der Waals surface area contributed by atoms with Crippen molar-refractivity contribution in [2.75, 3.05) is 30.8 Å². The molecular weight excluding hydrogens is 399 g/mol. The highest BCUT2D eigenvalue weighted by Gasteiger charge is 2.31. The number of carbonyl (C=O) groups excluding carboxylic acids is 1. The predicted octanol–water partition coefficient (Wildman–Crippen LogP) is 2.57. The number of nitrogens with one attached hydrogen (secondary N) is 1. The Morgan fingerprint density at radius 1 is 1.17 bits per heavy atom. The van der Waals surface area contributed by atoms with Gasteiger partial charge in [-0.2, -0.15) is 0 Å².